The van der Waals surface area contributed by atoms with Crippen LogP contribution in [0, 0.1) is 5.92 Å². The summed E-state index contributed by atoms with van der Waals surface area (Å²) in [5.74, 6) is 0.339. The molecule has 0 aromatic heterocycles. The minimum atomic E-state index is -0.286. The Labute approximate surface area is 144 Å². The Bertz CT molecular complexity index is 566. The van der Waals surface area contributed by atoms with Gasteiger partial charge in [-0.1, -0.05) is 49.6 Å². The second-order valence-corrected chi connectivity index (χ2v) is 7.17. The first-order valence-electron chi connectivity index (χ1n) is 9.32. The van der Waals surface area contributed by atoms with E-state index in [0.29, 0.717) is 0 Å². The fraction of sp³-hybridized carbons (Fsp3) is 0.600. The number of benzene rings is 1. The molecule has 1 N–H and O–H groups in total. The Morgan fingerprint density at radius 3 is 2.46 bits per heavy atom. The number of likely N-dealkylation sites (tertiary alicyclic amines) is 1. The van der Waals surface area contributed by atoms with Crippen molar-refractivity contribution in [3.8, 4) is 0 Å². The summed E-state index contributed by atoms with van der Waals surface area (Å²) in [6.07, 6.45) is 7.22. The minimum Gasteiger partial charge on any atom is -0.348 e. The Kier molecular flexibility index (Phi) is 5.54. The average molecular weight is 328 g/mol. The van der Waals surface area contributed by atoms with E-state index in [1.165, 1.54) is 6.42 Å². The second kappa shape index (κ2) is 7.82. The van der Waals surface area contributed by atoms with Crippen LogP contribution in [0.2, 0.25) is 0 Å². The molecule has 4 heteroatoms. The van der Waals surface area contributed by atoms with Crippen LogP contribution in [0.1, 0.15) is 63.5 Å². The quantitative estimate of drug-likeness (QED) is 0.920. The van der Waals surface area contributed by atoms with E-state index in [1.807, 2.05) is 42.2 Å². The van der Waals surface area contributed by atoms with Gasteiger partial charge in [-0.05, 0) is 38.2 Å². The van der Waals surface area contributed by atoms with E-state index in [1.54, 1.807) is 0 Å². The Morgan fingerprint density at radius 1 is 1.04 bits per heavy atom. The summed E-state index contributed by atoms with van der Waals surface area (Å²) in [4.78, 5) is 27.4. The van der Waals surface area contributed by atoms with Crippen LogP contribution in [0.4, 0.5) is 0 Å². The Morgan fingerprint density at radius 2 is 1.75 bits per heavy atom. The minimum absolute atomic E-state index is 0.00647. The van der Waals surface area contributed by atoms with Crippen LogP contribution >= 0.6 is 0 Å². The van der Waals surface area contributed by atoms with E-state index in [9.17, 15) is 9.59 Å². The van der Waals surface area contributed by atoms with Crippen molar-refractivity contribution in [1.29, 1.82) is 0 Å². The van der Waals surface area contributed by atoms with Crippen molar-refractivity contribution in [3.05, 3.63) is 35.9 Å². The molecule has 24 heavy (non-hydrogen) atoms. The van der Waals surface area contributed by atoms with Crippen LogP contribution in [-0.2, 0) is 9.59 Å². The maximum atomic E-state index is 12.8. The van der Waals surface area contributed by atoms with Crippen LogP contribution in [0.3, 0.4) is 0 Å². The SMILES string of the molecule is C[C@@H](NC(=O)[C@H]1CCCN1C(=O)C1CCCCC1)c1ccccc1. The van der Waals surface area contributed by atoms with Gasteiger partial charge in [0.2, 0.25) is 11.8 Å². The lowest BCUT2D eigenvalue weighted by Gasteiger charge is -2.30. The normalized spacial score (nSPS) is 23.0. The molecule has 0 unspecified atom stereocenters. The molecule has 1 aromatic rings. The van der Waals surface area contributed by atoms with Gasteiger partial charge < -0.3 is 10.2 Å². The van der Waals surface area contributed by atoms with Crippen molar-refractivity contribution in [2.24, 2.45) is 5.92 Å². The van der Waals surface area contributed by atoms with Gasteiger partial charge in [-0.3, -0.25) is 9.59 Å². The van der Waals surface area contributed by atoms with Crippen molar-refractivity contribution in [1.82, 2.24) is 10.2 Å². The van der Waals surface area contributed by atoms with Gasteiger partial charge in [0.25, 0.3) is 0 Å². The lowest BCUT2D eigenvalue weighted by Crippen LogP contribution is -2.48. The number of hydrogen-bond donors (Lipinski definition) is 1. The molecule has 1 aliphatic carbocycles. The van der Waals surface area contributed by atoms with E-state index in [4.69, 9.17) is 0 Å². The fourth-order valence-corrected chi connectivity index (χ4v) is 4.02. The van der Waals surface area contributed by atoms with Crippen LogP contribution in [0.5, 0.6) is 0 Å². The monoisotopic (exact) mass is 328 g/mol. The van der Waals surface area contributed by atoms with E-state index >= 15 is 0 Å². The van der Waals surface area contributed by atoms with E-state index in [0.717, 1.165) is 50.6 Å². The lowest BCUT2D eigenvalue weighted by atomic mass is 9.88. The third-order valence-electron chi connectivity index (χ3n) is 5.45. The van der Waals surface area contributed by atoms with Crippen LogP contribution in [-0.4, -0.2) is 29.3 Å². The molecule has 2 fully saturated rings. The number of nitrogens with one attached hydrogen (secondary N) is 1. The van der Waals surface area contributed by atoms with Gasteiger partial charge >= 0.3 is 0 Å². The van der Waals surface area contributed by atoms with Crippen molar-refractivity contribution < 1.29 is 9.59 Å². The molecule has 1 heterocycles. The summed E-state index contributed by atoms with van der Waals surface area (Å²) in [5, 5.41) is 3.09. The highest BCUT2D eigenvalue weighted by molar-refractivity contribution is 5.89. The molecule has 1 aromatic carbocycles. The zero-order valence-corrected chi connectivity index (χ0v) is 14.5. The molecular weight excluding hydrogens is 300 g/mol. The number of nitrogens with zero attached hydrogens (tertiary/aromatic N) is 1. The topological polar surface area (TPSA) is 49.4 Å². The van der Waals surface area contributed by atoms with Gasteiger partial charge in [0.15, 0.2) is 0 Å². The zero-order valence-electron chi connectivity index (χ0n) is 14.5. The first kappa shape index (κ1) is 17.0. The molecule has 2 aliphatic rings. The highest BCUT2D eigenvalue weighted by Gasteiger charge is 2.37. The highest BCUT2D eigenvalue weighted by Crippen LogP contribution is 2.29. The maximum absolute atomic E-state index is 12.8. The largest absolute Gasteiger partial charge is 0.348 e. The van der Waals surface area contributed by atoms with Crippen molar-refractivity contribution >= 4 is 11.8 Å². The fourth-order valence-electron chi connectivity index (χ4n) is 4.02. The van der Waals surface area contributed by atoms with Crippen molar-refractivity contribution in [3.63, 3.8) is 0 Å². The Balaban J connectivity index is 1.62. The summed E-state index contributed by atoms with van der Waals surface area (Å²) in [5.41, 5.74) is 1.09. The molecule has 4 nitrogen and oxygen atoms in total. The summed E-state index contributed by atoms with van der Waals surface area (Å²) >= 11 is 0. The molecule has 2 amide bonds. The second-order valence-electron chi connectivity index (χ2n) is 7.17. The third-order valence-corrected chi connectivity index (χ3v) is 5.45. The van der Waals surface area contributed by atoms with Gasteiger partial charge in [0.1, 0.15) is 6.04 Å². The maximum Gasteiger partial charge on any atom is 0.243 e. The van der Waals surface area contributed by atoms with E-state index in [-0.39, 0.29) is 29.8 Å². The molecule has 3 rings (SSSR count). The van der Waals surface area contributed by atoms with Gasteiger partial charge in [-0.2, -0.15) is 0 Å². The number of carbonyl (C=O) groups excluding carboxylic acids is 2. The third kappa shape index (κ3) is 3.80. The van der Waals surface area contributed by atoms with Crippen LogP contribution in [0.25, 0.3) is 0 Å². The smallest absolute Gasteiger partial charge is 0.243 e. The van der Waals surface area contributed by atoms with Gasteiger partial charge in [-0.25, -0.2) is 0 Å². The highest BCUT2D eigenvalue weighted by atomic mass is 16.2. The number of hydrogen-bond acceptors (Lipinski definition) is 2. The molecule has 130 valence electrons. The van der Waals surface area contributed by atoms with Gasteiger partial charge in [0, 0.05) is 12.5 Å². The average Bonchev–Trinajstić information content (AvgIpc) is 3.12. The number of rotatable bonds is 4. The molecule has 2 atom stereocenters. The molecule has 0 spiro atoms. The summed E-state index contributed by atoms with van der Waals surface area (Å²) in [6.45, 7) is 2.72. The zero-order chi connectivity index (χ0) is 16.9. The van der Waals surface area contributed by atoms with E-state index < -0.39 is 0 Å². The standard InChI is InChI=1S/C20H28N2O2/c1-15(16-9-4-2-5-10-16)21-19(23)18-13-8-14-22(18)20(24)17-11-6-3-7-12-17/h2,4-5,9-10,15,17-18H,3,6-8,11-14H2,1H3,(H,21,23)/t15-,18-/m1/s1. The molecule has 1 saturated heterocycles. The number of amides is 2. The van der Waals surface area contributed by atoms with Gasteiger partial charge in [-0.15, -0.1) is 0 Å². The summed E-state index contributed by atoms with van der Waals surface area (Å²) < 4.78 is 0. The number of carbonyl (C=O) groups is 2. The first-order valence-corrected chi connectivity index (χ1v) is 9.32. The molecule has 0 radical (unpaired) electrons. The molecule has 1 saturated carbocycles. The predicted octanol–water partition coefficient (Wildman–Crippen LogP) is 3.44. The Hall–Kier alpha value is -1.84. The summed E-state index contributed by atoms with van der Waals surface area (Å²) in [6, 6.07) is 9.64. The van der Waals surface area contributed by atoms with Crippen molar-refractivity contribution in [2.45, 2.75) is 64.0 Å². The predicted molar refractivity (Wildman–Crippen MR) is 94.3 cm³/mol. The van der Waals surface area contributed by atoms with Crippen LogP contribution < -0.4 is 5.32 Å². The van der Waals surface area contributed by atoms with Crippen molar-refractivity contribution in [2.75, 3.05) is 6.54 Å². The van der Waals surface area contributed by atoms with E-state index in [2.05, 4.69) is 5.32 Å². The molecule has 0 bridgehead atoms. The van der Waals surface area contributed by atoms with Gasteiger partial charge in [0.05, 0.1) is 6.04 Å². The summed E-state index contributed by atoms with van der Waals surface area (Å²) in [7, 11) is 0. The lowest BCUT2D eigenvalue weighted by molar-refractivity contribution is -0.142. The van der Waals surface area contributed by atoms with Crippen LogP contribution in [0.15, 0.2) is 30.3 Å². The first-order chi connectivity index (χ1) is 11.7. The molecule has 1 aliphatic heterocycles. The molecular formula is C20H28N2O2.